The molecule has 0 aliphatic carbocycles. The van der Waals surface area contributed by atoms with Crippen LogP contribution in [0.5, 0.6) is 0 Å². The summed E-state index contributed by atoms with van der Waals surface area (Å²) >= 11 is 0. The maximum atomic E-state index is 12.5. The number of carboxylic acid groups (broad SMARTS) is 1. The molecule has 10 heteroatoms. The second kappa shape index (κ2) is 11.2. The van der Waals surface area contributed by atoms with Gasteiger partial charge in [-0.05, 0) is 22.3 Å². The Balaban J connectivity index is 1.70. The predicted octanol–water partition coefficient (Wildman–Crippen LogP) is 2.18. The third-order valence-electron chi connectivity index (χ3n) is 6.94. The van der Waals surface area contributed by atoms with E-state index in [1.807, 2.05) is 36.4 Å². The Morgan fingerprint density at radius 2 is 1.66 bits per heavy atom. The number of nitrogens with zero attached hydrogens (tertiary/aromatic N) is 1. The van der Waals surface area contributed by atoms with Gasteiger partial charge in [0.25, 0.3) is 13.9 Å². The van der Waals surface area contributed by atoms with Crippen molar-refractivity contribution in [2.75, 3.05) is 13.2 Å². The highest BCUT2D eigenvalue weighted by Crippen LogP contribution is 2.38. The second-order valence-corrected chi connectivity index (χ2v) is 14.9. The van der Waals surface area contributed by atoms with Crippen LogP contribution >= 0.6 is 0 Å². The average Bonchev–Trinajstić information content (AvgIpc) is 3.28. The fourth-order valence-electron chi connectivity index (χ4n) is 5.14. The summed E-state index contributed by atoms with van der Waals surface area (Å²) in [6.45, 7) is 7.72. The number of ether oxygens (including phenoxy) is 2. The van der Waals surface area contributed by atoms with Gasteiger partial charge in [-0.1, -0.05) is 81.4 Å². The molecule has 1 aliphatic heterocycles. The quantitative estimate of drug-likeness (QED) is 0.401. The number of aromatic nitrogens is 2. The second-order valence-electron chi connectivity index (χ2n) is 10.6. The van der Waals surface area contributed by atoms with Gasteiger partial charge in [-0.15, -0.1) is 0 Å². The Hall–Kier alpha value is -3.31. The Kier molecular flexibility index (Phi) is 8.17. The molecule has 0 bridgehead atoms. The zero-order valence-electron chi connectivity index (χ0n) is 22.0. The van der Waals surface area contributed by atoms with E-state index in [0.717, 1.165) is 10.4 Å². The predicted molar refractivity (Wildman–Crippen MR) is 146 cm³/mol. The molecule has 38 heavy (non-hydrogen) atoms. The van der Waals surface area contributed by atoms with Gasteiger partial charge in [0.2, 0.25) is 0 Å². The van der Waals surface area contributed by atoms with Gasteiger partial charge in [0.1, 0.15) is 18.9 Å². The van der Waals surface area contributed by atoms with Gasteiger partial charge in [-0.25, -0.2) is 9.59 Å². The zero-order valence-corrected chi connectivity index (χ0v) is 23.0. The molecule has 3 aromatic rings. The SMILES string of the molecule is Cc1cn([C@H]2CC(OCC(=O)O)[C@@H](CO[Si](c3ccccc3)(c3ccccc3)C(C)(C)C)O2)c(=O)[nH]c1=O. The summed E-state index contributed by atoms with van der Waals surface area (Å²) in [4.78, 5) is 38.0. The molecule has 0 amide bonds. The monoisotopic (exact) mass is 538 g/mol. The number of nitrogens with one attached hydrogen (secondary N) is 1. The normalized spacial score (nSPS) is 19.9. The summed E-state index contributed by atoms with van der Waals surface area (Å²) in [5.41, 5.74) is -0.700. The number of carboxylic acids is 1. The van der Waals surface area contributed by atoms with Crippen molar-refractivity contribution in [2.24, 2.45) is 0 Å². The lowest BCUT2D eigenvalue weighted by atomic mass is 10.2. The smallest absolute Gasteiger partial charge is 0.330 e. The van der Waals surface area contributed by atoms with Crippen molar-refractivity contribution in [3.8, 4) is 0 Å². The lowest BCUT2D eigenvalue weighted by molar-refractivity contribution is -0.146. The molecule has 2 N–H and O–H groups in total. The zero-order chi connectivity index (χ0) is 27.5. The molecule has 0 saturated carbocycles. The van der Waals surface area contributed by atoms with Crippen molar-refractivity contribution in [1.82, 2.24) is 9.55 Å². The van der Waals surface area contributed by atoms with Gasteiger partial charge in [-0.3, -0.25) is 14.3 Å². The third kappa shape index (κ3) is 5.58. The van der Waals surface area contributed by atoms with Gasteiger partial charge in [-0.2, -0.15) is 0 Å². The Morgan fingerprint density at radius 3 is 2.18 bits per heavy atom. The standard InChI is InChI=1S/C28H34N2O7Si/c1-19-16-30(27(34)29-26(19)33)24-15-22(35-18-25(31)32)23(37-24)17-36-38(28(2,3)4,20-11-7-5-8-12-20)21-13-9-6-10-14-21/h5-14,16,22-24H,15,17-18H2,1-4H3,(H,31,32)(H,29,33,34)/t22?,23-,24-/m1/s1. The van der Waals surface area contributed by atoms with Crippen LogP contribution in [0.4, 0.5) is 0 Å². The highest BCUT2D eigenvalue weighted by Gasteiger charge is 2.51. The number of carbonyl (C=O) groups is 1. The first-order valence-electron chi connectivity index (χ1n) is 12.6. The van der Waals surface area contributed by atoms with Gasteiger partial charge in [0.15, 0.2) is 0 Å². The fourth-order valence-corrected chi connectivity index (χ4v) is 9.71. The molecule has 9 nitrogen and oxygen atoms in total. The van der Waals surface area contributed by atoms with Crippen molar-refractivity contribution in [2.45, 2.75) is 57.6 Å². The summed E-state index contributed by atoms with van der Waals surface area (Å²) in [7, 11) is -2.89. The maximum absolute atomic E-state index is 12.5. The largest absolute Gasteiger partial charge is 0.480 e. The summed E-state index contributed by atoms with van der Waals surface area (Å²) in [5.74, 6) is -1.10. The molecule has 1 saturated heterocycles. The van der Waals surface area contributed by atoms with E-state index in [4.69, 9.17) is 13.9 Å². The lowest BCUT2D eigenvalue weighted by Crippen LogP contribution is -2.67. The molecule has 0 radical (unpaired) electrons. The van der Waals surface area contributed by atoms with E-state index in [0.29, 0.717) is 5.56 Å². The van der Waals surface area contributed by atoms with Crippen molar-refractivity contribution in [3.05, 3.63) is 93.3 Å². The Morgan fingerprint density at radius 1 is 1.08 bits per heavy atom. The van der Waals surface area contributed by atoms with Crippen molar-refractivity contribution in [1.29, 1.82) is 0 Å². The van der Waals surface area contributed by atoms with Crippen LogP contribution in [0.25, 0.3) is 0 Å². The van der Waals surface area contributed by atoms with Gasteiger partial charge in [0, 0.05) is 18.2 Å². The summed E-state index contributed by atoms with van der Waals surface area (Å²) in [6, 6.07) is 20.3. The van der Waals surface area contributed by atoms with E-state index in [9.17, 15) is 19.5 Å². The van der Waals surface area contributed by atoms with E-state index in [1.54, 1.807) is 6.92 Å². The number of rotatable bonds is 9. The molecule has 0 spiro atoms. The summed E-state index contributed by atoms with van der Waals surface area (Å²) < 4.78 is 20.3. The number of hydrogen-bond donors (Lipinski definition) is 2. The Labute approximate surface area is 222 Å². The molecule has 4 rings (SSSR count). The minimum atomic E-state index is -2.89. The number of aromatic amines is 1. The van der Waals surface area contributed by atoms with Crippen molar-refractivity contribution in [3.63, 3.8) is 0 Å². The fraction of sp³-hybridized carbons (Fsp3) is 0.393. The molecule has 1 fully saturated rings. The molecule has 1 aliphatic rings. The molecule has 2 heterocycles. The van der Waals surface area contributed by atoms with Crippen LogP contribution < -0.4 is 21.6 Å². The number of benzene rings is 2. The van der Waals surface area contributed by atoms with E-state index >= 15 is 0 Å². The van der Waals surface area contributed by atoms with Crippen LogP contribution in [0, 0.1) is 6.92 Å². The molecule has 1 aromatic heterocycles. The van der Waals surface area contributed by atoms with E-state index in [1.165, 1.54) is 10.8 Å². The first kappa shape index (κ1) is 27.7. The Bertz CT molecular complexity index is 1330. The summed E-state index contributed by atoms with van der Waals surface area (Å²) in [5, 5.41) is 11.2. The first-order valence-corrected chi connectivity index (χ1v) is 14.5. The highest BCUT2D eigenvalue weighted by atomic mass is 28.4. The molecular weight excluding hydrogens is 504 g/mol. The van der Waals surface area contributed by atoms with Crippen LogP contribution in [0.2, 0.25) is 5.04 Å². The van der Waals surface area contributed by atoms with E-state index in [-0.39, 0.29) is 18.1 Å². The number of hydrogen-bond acceptors (Lipinski definition) is 6. The van der Waals surface area contributed by atoms with Crippen LogP contribution in [0.3, 0.4) is 0 Å². The number of aryl methyl sites for hydroxylation is 1. The minimum absolute atomic E-state index is 0.130. The van der Waals surface area contributed by atoms with Crippen LogP contribution in [-0.2, 0) is 18.7 Å². The molecule has 2 aromatic carbocycles. The van der Waals surface area contributed by atoms with Crippen molar-refractivity contribution < 1.29 is 23.8 Å². The van der Waals surface area contributed by atoms with E-state index in [2.05, 4.69) is 50.0 Å². The van der Waals surface area contributed by atoms with Crippen LogP contribution in [0.15, 0.2) is 76.4 Å². The molecule has 202 valence electrons. The van der Waals surface area contributed by atoms with E-state index < -0.39 is 50.6 Å². The maximum Gasteiger partial charge on any atom is 0.330 e. The highest BCUT2D eigenvalue weighted by molar-refractivity contribution is 6.99. The van der Waals surface area contributed by atoms with Gasteiger partial charge in [0.05, 0.1) is 12.7 Å². The molecule has 1 unspecified atom stereocenters. The number of H-pyrrole nitrogens is 1. The third-order valence-corrected chi connectivity index (χ3v) is 11.9. The minimum Gasteiger partial charge on any atom is -0.480 e. The van der Waals surface area contributed by atoms with Crippen LogP contribution in [0.1, 0.15) is 39.0 Å². The summed E-state index contributed by atoms with van der Waals surface area (Å²) in [6.07, 6.45) is -0.336. The van der Waals surface area contributed by atoms with Crippen LogP contribution in [-0.4, -0.2) is 54.4 Å². The lowest BCUT2D eigenvalue weighted by Gasteiger charge is -2.43. The first-order chi connectivity index (χ1) is 18.0. The topological polar surface area (TPSA) is 120 Å². The van der Waals surface area contributed by atoms with Crippen molar-refractivity contribution >= 4 is 24.7 Å². The number of aliphatic carboxylic acids is 1. The average molecular weight is 539 g/mol. The van der Waals surface area contributed by atoms with Gasteiger partial charge >= 0.3 is 11.7 Å². The molecule has 3 atom stereocenters. The molecular formula is C28H34N2O7Si. The van der Waals surface area contributed by atoms with Gasteiger partial charge < -0.3 is 19.0 Å².